The van der Waals surface area contributed by atoms with E-state index in [9.17, 15) is 14.7 Å². The average Bonchev–Trinajstić information content (AvgIpc) is 3.23. The van der Waals surface area contributed by atoms with Crippen LogP contribution in [-0.4, -0.2) is 52.7 Å². The predicted octanol–water partition coefficient (Wildman–Crippen LogP) is 1.72. The number of rotatable bonds is 4. The molecule has 0 bridgehead atoms. The number of carbonyl (C=O) groups excluding carboxylic acids is 1. The second-order valence-corrected chi connectivity index (χ2v) is 5.81. The second kappa shape index (κ2) is 5.90. The lowest BCUT2D eigenvalue weighted by Gasteiger charge is -2.19. The molecule has 1 saturated heterocycles. The van der Waals surface area contributed by atoms with E-state index in [1.807, 2.05) is 0 Å². The molecule has 2 unspecified atom stereocenters. The number of nitrogens with zero attached hydrogens (tertiary/aromatic N) is 2. The van der Waals surface area contributed by atoms with Crippen molar-refractivity contribution in [2.24, 2.45) is 0 Å². The third-order valence-electron chi connectivity index (χ3n) is 3.63. The number of aromatic nitrogens is 1. The zero-order chi connectivity index (χ0) is 15.7. The molecule has 7 nitrogen and oxygen atoms in total. The number of hydrogen-bond acceptors (Lipinski definition) is 6. The van der Waals surface area contributed by atoms with E-state index in [4.69, 9.17) is 9.15 Å². The van der Waals surface area contributed by atoms with Crippen LogP contribution in [-0.2, 0) is 9.53 Å². The van der Waals surface area contributed by atoms with E-state index in [1.54, 1.807) is 17.7 Å². The van der Waals surface area contributed by atoms with Gasteiger partial charge in [0.1, 0.15) is 23.0 Å². The maximum Gasteiger partial charge on any atom is 0.326 e. The van der Waals surface area contributed by atoms with E-state index in [1.165, 1.54) is 29.6 Å². The highest BCUT2D eigenvalue weighted by Crippen LogP contribution is 2.27. The molecule has 8 heteroatoms. The summed E-state index contributed by atoms with van der Waals surface area (Å²) in [4.78, 5) is 29.4. The van der Waals surface area contributed by atoms with Gasteiger partial charge in [-0.3, -0.25) is 4.79 Å². The summed E-state index contributed by atoms with van der Waals surface area (Å²) in [7, 11) is 1.51. The molecule has 2 atom stereocenters. The van der Waals surface area contributed by atoms with Crippen LogP contribution in [0, 0.1) is 0 Å². The minimum atomic E-state index is -1.03. The van der Waals surface area contributed by atoms with Crippen LogP contribution in [0.25, 0.3) is 10.6 Å². The largest absolute Gasteiger partial charge is 0.480 e. The molecule has 2 aromatic rings. The molecule has 0 spiro atoms. The van der Waals surface area contributed by atoms with Crippen molar-refractivity contribution in [3.63, 3.8) is 0 Å². The molecule has 0 aromatic carbocycles. The van der Waals surface area contributed by atoms with Gasteiger partial charge in [-0.05, 0) is 6.07 Å². The lowest BCUT2D eigenvalue weighted by atomic mass is 10.2. The zero-order valence-electron chi connectivity index (χ0n) is 11.8. The Morgan fingerprint density at radius 2 is 2.36 bits per heavy atom. The number of amides is 1. The summed E-state index contributed by atoms with van der Waals surface area (Å²) in [6, 6.07) is 0.876. The Morgan fingerprint density at radius 1 is 1.55 bits per heavy atom. The number of furan rings is 1. The van der Waals surface area contributed by atoms with Crippen LogP contribution in [0.2, 0.25) is 0 Å². The number of ether oxygens (including phenoxy) is 1. The fourth-order valence-electron chi connectivity index (χ4n) is 2.46. The number of thiazole rings is 1. The van der Waals surface area contributed by atoms with Crippen molar-refractivity contribution in [2.75, 3.05) is 13.7 Å². The highest BCUT2D eigenvalue weighted by atomic mass is 32.1. The fraction of sp³-hybridized carbons (Fsp3) is 0.357. The summed E-state index contributed by atoms with van der Waals surface area (Å²) >= 11 is 1.31. The number of hydrogen-bond donors (Lipinski definition) is 1. The van der Waals surface area contributed by atoms with Crippen LogP contribution in [0.3, 0.4) is 0 Å². The highest BCUT2D eigenvalue weighted by Gasteiger charge is 2.40. The minimum Gasteiger partial charge on any atom is -0.480 e. The first-order valence-electron chi connectivity index (χ1n) is 6.65. The first-order chi connectivity index (χ1) is 10.6. The van der Waals surface area contributed by atoms with Crippen LogP contribution in [0.1, 0.15) is 16.9 Å². The van der Waals surface area contributed by atoms with Crippen molar-refractivity contribution in [3.8, 4) is 10.6 Å². The standard InChI is InChI=1S/C14H14N2O5S/c1-20-9-4-11(14(18)19)16(5-9)13(17)10-7-22-12(15-10)8-2-3-21-6-8/h2-3,6-7,9,11H,4-5H2,1H3,(H,18,19). The Balaban J connectivity index is 1.82. The highest BCUT2D eigenvalue weighted by molar-refractivity contribution is 7.13. The quantitative estimate of drug-likeness (QED) is 0.921. The Hall–Kier alpha value is -2.19. The third kappa shape index (κ3) is 2.62. The molecule has 22 heavy (non-hydrogen) atoms. The molecule has 1 fully saturated rings. The molecule has 1 amide bonds. The first-order valence-corrected chi connectivity index (χ1v) is 7.52. The molecule has 0 aliphatic carbocycles. The van der Waals surface area contributed by atoms with Gasteiger partial charge in [0.2, 0.25) is 0 Å². The molecule has 1 aliphatic heterocycles. The van der Waals surface area contributed by atoms with E-state index in [0.717, 1.165) is 5.56 Å². The van der Waals surface area contributed by atoms with Gasteiger partial charge < -0.3 is 19.2 Å². The van der Waals surface area contributed by atoms with E-state index in [2.05, 4.69) is 4.98 Å². The molecule has 3 rings (SSSR count). The lowest BCUT2D eigenvalue weighted by Crippen LogP contribution is -2.40. The van der Waals surface area contributed by atoms with Crippen molar-refractivity contribution >= 4 is 23.2 Å². The van der Waals surface area contributed by atoms with Crippen molar-refractivity contribution in [1.29, 1.82) is 0 Å². The van der Waals surface area contributed by atoms with Crippen LogP contribution in [0.15, 0.2) is 28.4 Å². The van der Waals surface area contributed by atoms with Crippen LogP contribution >= 0.6 is 11.3 Å². The van der Waals surface area contributed by atoms with Gasteiger partial charge in [0.05, 0.1) is 12.4 Å². The summed E-state index contributed by atoms with van der Waals surface area (Å²) in [5.74, 6) is -1.42. The van der Waals surface area contributed by atoms with Gasteiger partial charge in [-0.25, -0.2) is 9.78 Å². The van der Waals surface area contributed by atoms with Crippen molar-refractivity contribution in [2.45, 2.75) is 18.6 Å². The SMILES string of the molecule is COC1CC(C(=O)O)N(C(=O)c2csc(-c3ccoc3)n2)C1. The summed E-state index contributed by atoms with van der Waals surface area (Å²) in [5, 5.41) is 11.6. The second-order valence-electron chi connectivity index (χ2n) is 4.95. The molecule has 1 aliphatic rings. The van der Waals surface area contributed by atoms with E-state index >= 15 is 0 Å². The number of carboxylic acid groups (broad SMARTS) is 1. The first kappa shape index (κ1) is 14.7. The number of carboxylic acids is 1. The van der Waals surface area contributed by atoms with Gasteiger partial charge >= 0.3 is 5.97 Å². The van der Waals surface area contributed by atoms with Gasteiger partial charge in [0.15, 0.2) is 0 Å². The molecule has 2 aromatic heterocycles. The molecule has 0 saturated carbocycles. The molecular formula is C14H14N2O5S. The van der Waals surface area contributed by atoms with Crippen molar-refractivity contribution < 1.29 is 23.8 Å². The van der Waals surface area contributed by atoms with Gasteiger partial charge in [0.25, 0.3) is 5.91 Å². The summed E-state index contributed by atoms with van der Waals surface area (Å²) in [5.41, 5.74) is 1.03. The van der Waals surface area contributed by atoms with Crippen LogP contribution < -0.4 is 0 Å². The van der Waals surface area contributed by atoms with E-state index < -0.39 is 17.9 Å². The summed E-state index contributed by atoms with van der Waals surface area (Å²) < 4.78 is 10.2. The number of likely N-dealkylation sites (tertiary alicyclic amines) is 1. The Kier molecular flexibility index (Phi) is 3.95. The normalized spacial score (nSPS) is 21.2. The monoisotopic (exact) mass is 322 g/mol. The fourth-order valence-corrected chi connectivity index (χ4v) is 3.24. The van der Waals surface area contributed by atoms with Crippen molar-refractivity contribution in [3.05, 3.63) is 29.7 Å². The smallest absolute Gasteiger partial charge is 0.326 e. The Labute approximate surface area is 130 Å². The molecule has 0 radical (unpaired) electrons. The Morgan fingerprint density at radius 3 is 3.00 bits per heavy atom. The van der Waals surface area contributed by atoms with Gasteiger partial charge in [0, 0.05) is 31.0 Å². The van der Waals surface area contributed by atoms with E-state index in [0.29, 0.717) is 5.01 Å². The number of carbonyl (C=O) groups is 2. The maximum atomic E-state index is 12.5. The molecule has 3 heterocycles. The summed E-state index contributed by atoms with van der Waals surface area (Å²) in [6.45, 7) is 0.255. The topological polar surface area (TPSA) is 92.9 Å². The molecule has 116 valence electrons. The van der Waals surface area contributed by atoms with Crippen molar-refractivity contribution in [1.82, 2.24) is 9.88 Å². The van der Waals surface area contributed by atoms with Gasteiger partial charge in [-0.15, -0.1) is 11.3 Å². The van der Waals surface area contributed by atoms with Crippen LogP contribution in [0.4, 0.5) is 0 Å². The molecular weight excluding hydrogens is 308 g/mol. The maximum absolute atomic E-state index is 12.5. The predicted molar refractivity (Wildman–Crippen MR) is 77.7 cm³/mol. The zero-order valence-corrected chi connectivity index (χ0v) is 12.6. The number of methoxy groups -OCH3 is 1. The molecule has 1 N–H and O–H groups in total. The summed E-state index contributed by atoms with van der Waals surface area (Å²) in [6.07, 6.45) is 3.10. The lowest BCUT2D eigenvalue weighted by molar-refractivity contribution is -0.141. The Bertz CT molecular complexity index is 681. The van der Waals surface area contributed by atoms with Gasteiger partial charge in [-0.2, -0.15) is 0 Å². The van der Waals surface area contributed by atoms with E-state index in [-0.39, 0.29) is 24.8 Å². The van der Waals surface area contributed by atoms with Crippen LogP contribution in [0.5, 0.6) is 0 Å². The minimum absolute atomic E-state index is 0.240. The average molecular weight is 322 g/mol. The number of aliphatic carboxylic acids is 1. The third-order valence-corrected chi connectivity index (χ3v) is 4.52. The van der Waals surface area contributed by atoms with Gasteiger partial charge in [-0.1, -0.05) is 0 Å².